The lowest BCUT2D eigenvalue weighted by molar-refractivity contribution is 0.585. The molecule has 0 fully saturated rings. The molecule has 0 heterocycles. The molecule has 0 aliphatic heterocycles. The topological polar surface area (TPSA) is 0 Å². The van der Waals surface area contributed by atoms with Gasteiger partial charge in [-0.25, -0.2) is 0 Å². The SMILES string of the molecule is Cc1c(C(C)(C)C)cc2c(c1C)-c1ccccc1C2. The molecule has 1 aliphatic rings. The molecule has 0 saturated carbocycles. The number of fused-ring (bicyclic) bond motifs is 3. The van der Waals surface area contributed by atoms with Crippen LogP contribution in [0.15, 0.2) is 30.3 Å². The molecule has 0 spiro atoms. The fourth-order valence-corrected chi connectivity index (χ4v) is 3.40. The molecule has 1 aliphatic carbocycles. The maximum absolute atomic E-state index is 2.44. The molecule has 0 heteroatoms. The normalized spacial score (nSPS) is 13.3. The Balaban J connectivity index is 2.29. The monoisotopic (exact) mass is 250 g/mol. The molecule has 98 valence electrons. The molecule has 2 aromatic carbocycles. The van der Waals surface area contributed by atoms with Crippen LogP contribution in [0.5, 0.6) is 0 Å². The summed E-state index contributed by atoms with van der Waals surface area (Å²) in [6.45, 7) is 11.5. The van der Waals surface area contributed by atoms with E-state index in [-0.39, 0.29) is 5.41 Å². The Morgan fingerprint density at radius 2 is 1.58 bits per heavy atom. The minimum absolute atomic E-state index is 0.221. The molecule has 0 aromatic heterocycles. The minimum Gasteiger partial charge on any atom is -0.0619 e. The van der Waals surface area contributed by atoms with E-state index < -0.39 is 0 Å². The number of rotatable bonds is 0. The average molecular weight is 250 g/mol. The van der Waals surface area contributed by atoms with Crippen LogP contribution >= 0.6 is 0 Å². The number of hydrogen-bond donors (Lipinski definition) is 0. The second-order valence-corrected chi connectivity index (χ2v) is 6.79. The van der Waals surface area contributed by atoms with Crippen LogP contribution in [0.1, 0.15) is 48.6 Å². The van der Waals surface area contributed by atoms with E-state index in [1.165, 1.54) is 38.9 Å². The summed E-state index contributed by atoms with van der Waals surface area (Å²) in [6.07, 6.45) is 1.09. The van der Waals surface area contributed by atoms with E-state index in [0.29, 0.717) is 0 Å². The number of benzene rings is 2. The van der Waals surface area contributed by atoms with Crippen LogP contribution in [0.2, 0.25) is 0 Å². The summed E-state index contributed by atoms with van der Waals surface area (Å²) < 4.78 is 0. The molecule has 0 saturated heterocycles. The summed E-state index contributed by atoms with van der Waals surface area (Å²) in [4.78, 5) is 0. The minimum atomic E-state index is 0.221. The van der Waals surface area contributed by atoms with E-state index in [2.05, 4.69) is 65.0 Å². The van der Waals surface area contributed by atoms with Gasteiger partial charge in [0.15, 0.2) is 0 Å². The Kier molecular flexibility index (Phi) is 2.60. The maximum Gasteiger partial charge on any atom is -0.00132 e. The second-order valence-electron chi connectivity index (χ2n) is 6.79. The lowest BCUT2D eigenvalue weighted by Crippen LogP contribution is -2.14. The highest BCUT2D eigenvalue weighted by atomic mass is 14.3. The first kappa shape index (κ1) is 12.5. The van der Waals surface area contributed by atoms with Crippen molar-refractivity contribution < 1.29 is 0 Å². The molecule has 0 bridgehead atoms. The van der Waals surface area contributed by atoms with Crippen molar-refractivity contribution in [1.82, 2.24) is 0 Å². The molecule has 0 N–H and O–H groups in total. The summed E-state index contributed by atoms with van der Waals surface area (Å²) in [5, 5.41) is 0. The fourth-order valence-electron chi connectivity index (χ4n) is 3.40. The standard InChI is InChI=1S/C19H22/c1-12-13(2)18-15(11-17(12)19(3,4)5)10-14-8-6-7-9-16(14)18/h6-9,11H,10H2,1-5H3. The third-order valence-corrected chi connectivity index (χ3v) is 4.46. The van der Waals surface area contributed by atoms with E-state index in [1.54, 1.807) is 0 Å². The predicted octanol–water partition coefficient (Wildman–Crippen LogP) is 5.17. The maximum atomic E-state index is 2.44. The van der Waals surface area contributed by atoms with Gasteiger partial charge in [-0.05, 0) is 64.6 Å². The molecule has 3 rings (SSSR count). The summed E-state index contributed by atoms with van der Waals surface area (Å²) >= 11 is 0. The Morgan fingerprint density at radius 1 is 0.895 bits per heavy atom. The smallest absolute Gasteiger partial charge is 0.00132 e. The summed E-state index contributed by atoms with van der Waals surface area (Å²) in [6, 6.07) is 11.3. The first-order valence-electron chi connectivity index (χ1n) is 7.11. The highest BCUT2D eigenvalue weighted by molar-refractivity contribution is 5.81. The van der Waals surface area contributed by atoms with Crippen molar-refractivity contribution in [2.75, 3.05) is 0 Å². The van der Waals surface area contributed by atoms with Gasteiger partial charge in [-0.1, -0.05) is 51.1 Å². The van der Waals surface area contributed by atoms with Crippen LogP contribution in [-0.4, -0.2) is 0 Å². The molecule has 0 amide bonds. The lowest BCUT2D eigenvalue weighted by Gasteiger charge is -2.25. The molecule has 0 radical (unpaired) electrons. The van der Waals surface area contributed by atoms with Gasteiger partial charge in [0.2, 0.25) is 0 Å². The van der Waals surface area contributed by atoms with Gasteiger partial charge in [0, 0.05) is 0 Å². The predicted molar refractivity (Wildman–Crippen MR) is 82.9 cm³/mol. The van der Waals surface area contributed by atoms with Crippen LogP contribution < -0.4 is 0 Å². The van der Waals surface area contributed by atoms with Gasteiger partial charge >= 0.3 is 0 Å². The Morgan fingerprint density at radius 3 is 2.26 bits per heavy atom. The molecule has 0 atom stereocenters. The fraction of sp³-hybridized carbons (Fsp3) is 0.368. The zero-order valence-electron chi connectivity index (χ0n) is 12.6. The van der Waals surface area contributed by atoms with Gasteiger partial charge in [0.1, 0.15) is 0 Å². The van der Waals surface area contributed by atoms with Gasteiger partial charge in [-0.2, -0.15) is 0 Å². The molecular weight excluding hydrogens is 228 g/mol. The third-order valence-electron chi connectivity index (χ3n) is 4.46. The van der Waals surface area contributed by atoms with E-state index in [9.17, 15) is 0 Å². The first-order chi connectivity index (χ1) is 8.89. The lowest BCUT2D eigenvalue weighted by atomic mass is 9.80. The highest BCUT2D eigenvalue weighted by Crippen LogP contribution is 2.42. The van der Waals surface area contributed by atoms with Crippen LogP contribution in [0.3, 0.4) is 0 Å². The van der Waals surface area contributed by atoms with E-state index in [4.69, 9.17) is 0 Å². The van der Waals surface area contributed by atoms with Crippen LogP contribution in [-0.2, 0) is 11.8 Å². The average Bonchev–Trinajstić information content (AvgIpc) is 2.70. The van der Waals surface area contributed by atoms with Crippen LogP contribution in [0.25, 0.3) is 11.1 Å². The van der Waals surface area contributed by atoms with Crippen molar-refractivity contribution in [3.8, 4) is 11.1 Å². The van der Waals surface area contributed by atoms with Crippen LogP contribution in [0.4, 0.5) is 0 Å². The number of hydrogen-bond acceptors (Lipinski definition) is 0. The molecular formula is C19H22. The van der Waals surface area contributed by atoms with Crippen molar-refractivity contribution in [2.45, 2.75) is 46.5 Å². The van der Waals surface area contributed by atoms with Gasteiger partial charge in [-0.3, -0.25) is 0 Å². The van der Waals surface area contributed by atoms with Crippen molar-refractivity contribution in [3.63, 3.8) is 0 Å². The van der Waals surface area contributed by atoms with Crippen molar-refractivity contribution in [3.05, 3.63) is 58.1 Å². The molecule has 19 heavy (non-hydrogen) atoms. The Bertz CT molecular complexity index is 654. The Hall–Kier alpha value is -1.56. The zero-order chi connectivity index (χ0) is 13.8. The van der Waals surface area contributed by atoms with Gasteiger partial charge in [0.05, 0.1) is 0 Å². The van der Waals surface area contributed by atoms with E-state index >= 15 is 0 Å². The van der Waals surface area contributed by atoms with E-state index in [0.717, 1.165) is 6.42 Å². The first-order valence-corrected chi connectivity index (χ1v) is 7.11. The van der Waals surface area contributed by atoms with Crippen molar-refractivity contribution >= 4 is 0 Å². The van der Waals surface area contributed by atoms with Crippen LogP contribution in [0, 0.1) is 13.8 Å². The highest BCUT2D eigenvalue weighted by Gasteiger charge is 2.25. The summed E-state index contributed by atoms with van der Waals surface area (Å²) in [5.41, 5.74) is 10.6. The second kappa shape index (κ2) is 3.96. The van der Waals surface area contributed by atoms with Gasteiger partial charge in [0.25, 0.3) is 0 Å². The van der Waals surface area contributed by atoms with Crippen molar-refractivity contribution in [2.24, 2.45) is 0 Å². The largest absolute Gasteiger partial charge is 0.0619 e. The van der Waals surface area contributed by atoms with Gasteiger partial charge in [-0.15, -0.1) is 0 Å². The quantitative estimate of drug-likeness (QED) is 0.516. The molecule has 0 nitrogen and oxygen atoms in total. The van der Waals surface area contributed by atoms with Crippen molar-refractivity contribution in [1.29, 1.82) is 0 Å². The summed E-state index contributed by atoms with van der Waals surface area (Å²) in [5.74, 6) is 0. The van der Waals surface area contributed by atoms with E-state index in [1.807, 2.05) is 0 Å². The zero-order valence-corrected chi connectivity index (χ0v) is 12.6. The molecule has 2 aromatic rings. The summed E-state index contributed by atoms with van der Waals surface area (Å²) in [7, 11) is 0. The Labute approximate surface area is 116 Å². The molecule has 0 unspecified atom stereocenters. The van der Waals surface area contributed by atoms with Gasteiger partial charge < -0.3 is 0 Å². The third kappa shape index (κ3) is 1.82.